The first kappa shape index (κ1) is 21.1. The predicted octanol–water partition coefficient (Wildman–Crippen LogP) is 8.89. The van der Waals surface area contributed by atoms with Crippen LogP contribution in [-0.2, 0) is 0 Å². The molecule has 2 aliphatic rings. The van der Waals surface area contributed by atoms with Crippen LogP contribution in [0.1, 0.15) is 25.7 Å². The first-order valence-electron chi connectivity index (χ1n) is 13.7. The molecule has 6 aromatic rings. The quantitative estimate of drug-likeness (QED) is 0.229. The second-order valence-corrected chi connectivity index (χ2v) is 10.9. The van der Waals surface area contributed by atoms with Gasteiger partial charge >= 0.3 is 0 Å². The van der Waals surface area contributed by atoms with E-state index < -0.39 is 0 Å². The molecular formula is C35H30N2. The van der Waals surface area contributed by atoms with Crippen molar-refractivity contribution in [1.82, 2.24) is 0 Å². The standard InChI is InChI=1S/C35H30N2/c1-3-11-26-21-30-28(19-24(26)9-1)13-7-17-32(30)36-23-37(35-16-6-5-15-34(35)36)33-18-8-14-29-20-25-10-2-4-12-27(25)22-31(29)33/h1-4,7-14,17-22,34-35H,5-6,15-16,23H2. The summed E-state index contributed by atoms with van der Waals surface area (Å²) >= 11 is 0. The van der Waals surface area contributed by atoms with E-state index >= 15 is 0 Å². The molecule has 0 radical (unpaired) electrons. The summed E-state index contributed by atoms with van der Waals surface area (Å²) in [4.78, 5) is 5.45. The Labute approximate surface area is 217 Å². The van der Waals surface area contributed by atoms with Crippen LogP contribution in [0, 0.1) is 0 Å². The summed E-state index contributed by atoms with van der Waals surface area (Å²) in [6, 6.07) is 41.8. The molecule has 0 N–H and O–H groups in total. The van der Waals surface area contributed by atoms with Crippen molar-refractivity contribution in [3.8, 4) is 0 Å². The molecule has 2 heteroatoms. The minimum Gasteiger partial charge on any atom is -0.348 e. The molecule has 6 aromatic carbocycles. The molecule has 37 heavy (non-hydrogen) atoms. The Hall–Kier alpha value is -4.04. The van der Waals surface area contributed by atoms with Gasteiger partial charge in [-0.3, -0.25) is 0 Å². The largest absolute Gasteiger partial charge is 0.348 e. The SMILES string of the molecule is c1ccc2cc3c(N4CN(c5cccc6cc7ccccc7cc56)C5CCCCC54)cccc3cc2c1. The van der Waals surface area contributed by atoms with Gasteiger partial charge in [0.1, 0.15) is 0 Å². The lowest BCUT2D eigenvalue weighted by molar-refractivity contribution is 0.409. The molecule has 2 atom stereocenters. The second-order valence-electron chi connectivity index (χ2n) is 10.9. The van der Waals surface area contributed by atoms with Crippen LogP contribution >= 0.6 is 0 Å². The van der Waals surface area contributed by atoms with Crippen molar-refractivity contribution in [2.45, 2.75) is 37.8 Å². The van der Waals surface area contributed by atoms with Crippen LogP contribution in [0.2, 0.25) is 0 Å². The van der Waals surface area contributed by atoms with Gasteiger partial charge in [0, 0.05) is 22.1 Å². The number of anilines is 2. The zero-order chi connectivity index (χ0) is 24.3. The maximum atomic E-state index is 2.72. The molecule has 0 aromatic heterocycles. The Morgan fingerprint density at radius 1 is 0.432 bits per heavy atom. The highest BCUT2D eigenvalue weighted by Gasteiger charge is 2.42. The van der Waals surface area contributed by atoms with E-state index in [1.807, 2.05) is 0 Å². The van der Waals surface area contributed by atoms with E-state index in [0.29, 0.717) is 12.1 Å². The maximum Gasteiger partial charge on any atom is 0.0910 e. The molecule has 1 aliphatic heterocycles. The summed E-state index contributed by atoms with van der Waals surface area (Å²) in [7, 11) is 0. The summed E-state index contributed by atoms with van der Waals surface area (Å²) in [5.41, 5.74) is 2.77. The van der Waals surface area contributed by atoms with Crippen LogP contribution in [0.25, 0.3) is 43.1 Å². The van der Waals surface area contributed by atoms with Gasteiger partial charge in [-0.25, -0.2) is 0 Å². The van der Waals surface area contributed by atoms with Gasteiger partial charge in [-0.05, 0) is 81.6 Å². The van der Waals surface area contributed by atoms with Crippen LogP contribution in [0.5, 0.6) is 0 Å². The fraction of sp³-hybridized carbons (Fsp3) is 0.200. The van der Waals surface area contributed by atoms with E-state index in [0.717, 1.165) is 6.67 Å². The van der Waals surface area contributed by atoms with Gasteiger partial charge in [0.2, 0.25) is 0 Å². The number of fused-ring (bicyclic) bond motifs is 5. The molecule has 180 valence electrons. The molecule has 1 heterocycles. The van der Waals surface area contributed by atoms with E-state index in [1.165, 1.54) is 80.1 Å². The van der Waals surface area contributed by atoms with Crippen molar-refractivity contribution in [1.29, 1.82) is 0 Å². The molecule has 0 spiro atoms. The van der Waals surface area contributed by atoms with Crippen molar-refractivity contribution in [2.75, 3.05) is 16.5 Å². The highest BCUT2D eigenvalue weighted by Crippen LogP contribution is 2.43. The number of hydrogen-bond donors (Lipinski definition) is 0. The normalized spacial score (nSPS) is 19.8. The lowest BCUT2D eigenvalue weighted by Gasteiger charge is -2.34. The number of hydrogen-bond acceptors (Lipinski definition) is 2. The molecule has 8 rings (SSSR count). The first-order chi connectivity index (χ1) is 18.3. The van der Waals surface area contributed by atoms with E-state index in [4.69, 9.17) is 0 Å². The Kier molecular flexibility index (Phi) is 4.70. The number of rotatable bonds is 2. The number of nitrogens with zero attached hydrogens (tertiary/aromatic N) is 2. The van der Waals surface area contributed by atoms with Crippen molar-refractivity contribution in [3.63, 3.8) is 0 Å². The minimum absolute atomic E-state index is 0.543. The molecule has 2 fully saturated rings. The fourth-order valence-corrected chi connectivity index (χ4v) is 7.10. The third kappa shape index (κ3) is 3.32. The molecular weight excluding hydrogens is 448 g/mol. The summed E-state index contributed by atoms with van der Waals surface area (Å²) < 4.78 is 0. The van der Waals surface area contributed by atoms with Crippen LogP contribution < -0.4 is 9.80 Å². The second kappa shape index (κ2) is 8.24. The van der Waals surface area contributed by atoms with Crippen molar-refractivity contribution in [2.24, 2.45) is 0 Å². The highest BCUT2D eigenvalue weighted by atomic mass is 15.4. The molecule has 0 amide bonds. The average Bonchev–Trinajstić information content (AvgIpc) is 3.33. The maximum absolute atomic E-state index is 2.72. The molecule has 2 unspecified atom stereocenters. The van der Waals surface area contributed by atoms with E-state index in [1.54, 1.807) is 0 Å². The summed E-state index contributed by atoms with van der Waals surface area (Å²) in [5.74, 6) is 0. The zero-order valence-corrected chi connectivity index (χ0v) is 21.0. The Morgan fingerprint density at radius 2 is 0.838 bits per heavy atom. The van der Waals surface area contributed by atoms with Gasteiger partial charge in [0.05, 0.1) is 18.8 Å². The molecule has 1 saturated heterocycles. The summed E-state index contributed by atoms with van der Waals surface area (Å²) in [5, 5.41) is 10.7. The van der Waals surface area contributed by atoms with Gasteiger partial charge < -0.3 is 9.80 Å². The lowest BCUT2D eigenvalue weighted by Crippen LogP contribution is -2.40. The van der Waals surface area contributed by atoms with Crippen LogP contribution in [0.4, 0.5) is 11.4 Å². The fourth-order valence-electron chi connectivity index (χ4n) is 7.10. The van der Waals surface area contributed by atoms with Gasteiger partial charge in [-0.2, -0.15) is 0 Å². The van der Waals surface area contributed by atoms with Crippen LogP contribution in [0.15, 0.2) is 109 Å². The van der Waals surface area contributed by atoms with Crippen molar-refractivity contribution < 1.29 is 0 Å². The van der Waals surface area contributed by atoms with Crippen LogP contribution in [-0.4, -0.2) is 18.8 Å². The topological polar surface area (TPSA) is 6.48 Å². The number of benzene rings is 6. The lowest BCUT2D eigenvalue weighted by atomic mass is 9.89. The van der Waals surface area contributed by atoms with Gasteiger partial charge in [-0.1, -0.05) is 85.6 Å². The van der Waals surface area contributed by atoms with Crippen molar-refractivity contribution >= 4 is 54.5 Å². The van der Waals surface area contributed by atoms with Gasteiger partial charge in [-0.15, -0.1) is 0 Å². The van der Waals surface area contributed by atoms with Crippen LogP contribution in [0.3, 0.4) is 0 Å². The monoisotopic (exact) mass is 478 g/mol. The predicted molar refractivity (Wildman–Crippen MR) is 159 cm³/mol. The molecule has 1 aliphatic carbocycles. The minimum atomic E-state index is 0.543. The third-order valence-electron chi connectivity index (χ3n) is 8.87. The van der Waals surface area contributed by atoms with Gasteiger partial charge in [0.15, 0.2) is 0 Å². The molecule has 2 nitrogen and oxygen atoms in total. The zero-order valence-electron chi connectivity index (χ0n) is 21.0. The van der Waals surface area contributed by atoms with E-state index in [-0.39, 0.29) is 0 Å². The molecule has 0 bridgehead atoms. The smallest absolute Gasteiger partial charge is 0.0910 e. The van der Waals surface area contributed by atoms with E-state index in [9.17, 15) is 0 Å². The summed E-state index contributed by atoms with van der Waals surface area (Å²) in [6.07, 6.45) is 5.16. The average molecular weight is 479 g/mol. The highest BCUT2D eigenvalue weighted by molar-refractivity contribution is 6.06. The molecule has 1 saturated carbocycles. The van der Waals surface area contributed by atoms with Crippen molar-refractivity contribution in [3.05, 3.63) is 109 Å². The Morgan fingerprint density at radius 3 is 1.30 bits per heavy atom. The summed E-state index contributed by atoms with van der Waals surface area (Å²) in [6.45, 7) is 0.938. The third-order valence-corrected chi connectivity index (χ3v) is 8.87. The first-order valence-corrected chi connectivity index (χ1v) is 13.7. The Bertz CT molecular complexity index is 1670. The Balaban J connectivity index is 1.28. The van der Waals surface area contributed by atoms with Gasteiger partial charge in [0.25, 0.3) is 0 Å². The van der Waals surface area contributed by atoms with E-state index in [2.05, 4.69) is 119 Å².